The number of amides is 1. The zero-order valence-electron chi connectivity index (χ0n) is 12.4. The highest BCUT2D eigenvalue weighted by molar-refractivity contribution is 8.02. The summed E-state index contributed by atoms with van der Waals surface area (Å²) in [6.45, 7) is 5.71. The molecule has 1 N–H and O–H groups in total. The van der Waals surface area contributed by atoms with Gasteiger partial charge in [0, 0.05) is 21.1 Å². The number of thioether (sulfide) groups is 1. The third kappa shape index (κ3) is 4.62. The molecule has 0 aliphatic heterocycles. The largest absolute Gasteiger partial charge is 0.349 e. The van der Waals surface area contributed by atoms with Gasteiger partial charge in [0.15, 0.2) is 4.34 Å². The number of carbonyl (C=O) groups is 1. The van der Waals surface area contributed by atoms with Crippen molar-refractivity contribution in [2.75, 3.05) is 0 Å². The molecule has 2 rings (SSSR count). The van der Waals surface area contributed by atoms with Crippen LogP contribution in [0.15, 0.2) is 27.9 Å². The van der Waals surface area contributed by atoms with Gasteiger partial charge in [-0.15, -0.1) is 11.3 Å². The molecule has 0 radical (unpaired) electrons. The van der Waals surface area contributed by atoms with Gasteiger partial charge in [0.2, 0.25) is 5.91 Å². The number of nitrogens with zero attached hydrogens (tertiary/aromatic N) is 1. The molecule has 1 aromatic heterocycles. The Kier molecular flexibility index (Phi) is 6.15. The summed E-state index contributed by atoms with van der Waals surface area (Å²) >= 11 is 15.1. The molecule has 0 unspecified atom stereocenters. The van der Waals surface area contributed by atoms with Crippen LogP contribution in [0.3, 0.4) is 0 Å². The second-order valence-corrected chi connectivity index (χ2v) is 8.20. The lowest BCUT2D eigenvalue weighted by atomic mass is 10.1. The Morgan fingerprint density at radius 2 is 2.09 bits per heavy atom. The predicted molar refractivity (Wildman–Crippen MR) is 95.2 cm³/mol. The van der Waals surface area contributed by atoms with E-state index in [0.717, 1.165) is 15.6 Å². The fourth-order valence-corrected chi connectivity index (χ4v) is 4.42. The lowest BCUT2D eigenvalue weighted by molar-refractivity contribution is -0.120. The van der Waals surface area contributed by atoms with Crippen molar-refractivity contribution >= 4 is 52.2 Å². The molecule has 0 saturated heterocycles. The molecule has 0 saturated carbocycles. The second kappa shape index (κ2) is 7.68. The van der Waals surface area contributed by atoms with Crippen molar-refractivity contribution in [1.82, 2.24) is 10.3 Å². The van der Waals surface area contributed by atoms with Gasteiger partial charge in [-0.3, -0.25) is 4.79 Å². The van der Waals surface area contributed by atoms with E-state index in [-0.39, 0.29) is 17.2 Å². The van der Waals surface area contributed by atoms with E-state index < -0.39 is 0 Å². The molecule has 3 nitrogen and oxygen atoms in total. The number of benzene rings is 1. The smallest absolute Gasteiger partial charge is 0.233 e. The number of rotatable bonds is 5. The average Bonchev–Trinajstić information content (AvgIpc) is 2.83. The molecular formula is C15H16Cl2N2OS2. The maximum Gasteiger partial charge on any atom is 0.233 e. The number of hydrogen-bond acceptors (Lipinski definition) is 4. The summed E-state index contributed by atoms with van der Waals surface area (Å²) in [6.07, 6.45) is 0. The molecule has 0 fully saturated rings. The zero-order chi connectivity index (χ0) is 16.3. The van der Waals surface area contributed by atoms with Gasteiger partial charge in [-0.2, -0.15) is 0 Å². The Labute approximate surface area is 148 Å². The molecule has 118 valence electrons. The summed E-state index contributed by atoms with van der Waals surface area (Å²) in [6, 6.07) is 5.09. The number of carbonyl (C=O) groups excluding carboxylic acids is 1. The van der Waals surface area contributed by atoms with Crippen LogP contribution in [0.4, 0.5) is 0 Å². The van der Waals surface area contributed by atoms with Crippen molar-refractivity contribution in [2.45, 2.75) is 36.4 Å². The summed E-state index contributed by atoms with van der Waals surface area (Å²) in [7, 11) is 0. The van der Waals surface area contributed by atoms with E-state index >= 15 is 0 Å². The zero-order valence-corrected chi connectivity index (χ0v) is 15.5. The van der Waals surface area contributed by atoms with Crippen molar-refractivity contribution in [2.24, 2.45) is 0 Å². The average molecular weight is 375 g/mol. The molecule has 1 amide bonds. The molecule has 2 aromatic rings. The van der Waals surface area contributed by atoms with Crippen LogP contribution in [0.5, 0.6) is 0 Å². The Bertz CT molecular complexity index is 675. The van der Waals surface area contributed by atoms with E-state index in [0.29, 0.717) is 10.0 Å². The summed E-state index contributed by atoms with van der Waals surface area (Å²) in [5, 5.41) is 5.86. The third-order valence-corrected chi connectivity index (χ3v) is 5.78. The van der Waals surface area contributed by atoms with Crippen molar-refractivity contribution in [1.29, 1.82) is 0 Å². The summed E-state index contributed by atoms with van der Waals surface area (Å²) in [4.78, 5) is 16.7. The first kappa shape index (κ1) is 17.6. The normalized spacial score (nSPS) is 13.7. The molecule has 1 heterocycles. The number of hydrogen-bond donors (Lipinski definition) is 1. The van der Waals surface area contributed by atoms with E-state index in [2.05, 4.69) is 10.3 Å². The molecule has 1 aromatic carbocycles. The predicted octanol–water partition coefficient (Wildman–Crippen LogP) is 5.12. The van der Waals surface area contributed by atoms with Crippen LogP contribution in [0.2, 0.25) is 10.0 Å². The van der Waals surface area contributed by atoms with E-state index in [9.17, 15) is 4.79 Å². The van der Waals surface area contributed by atoms with Crippen molar-refractivity contribution in [3.05, 3.63) is 44.9 Å². The molecule has 7 heteroatoms. The first-order valence-corrected chi connectivity index (χ1v) is 9.22. The van der Waals surface area contributed by atoms with Crippen molar-refractivity contribution in [3.8, 4) is 0 Å². The number of aryl methyl sites for hydroxylation is 1. The van der Waals surface area contributed by atoms with E-state index in [1.165, 1.54) is 11.8 Å². The van der Waals surface area contributed by atoms with Gasteiger partial charge in [0.1, 0.15) is 0 Å². The van der Waals surface area contributed by atoms with Crippen molar-refractivity contribution < 1.29 is 4.79 Å². The van der Waals surface area contributed by atoms with Gasteiger partial charge >= 0.3 is 0 Å². The van der Waals surface area contributed by atoms with Crippen LogP contribution in [0, 0.1) is 6.92 Å². The van der Waals surface area contributed by atoms with Crippen LogP contribution < -0.4 is 5.32 Å². The Morgan fingerprint density at radius 1 is 1.36 bits per heavy atom. The van der Waals surface area contributed by atoms with Gasteiger partial charge in [-0.25, -0.2) is 4.98 Å². The van der Waals surface area contributed by atoms with Crippen LogP contribution in [-0.4, -0.2) is 16.1 Å². The quantitative estimate of drug-likeness (QED) is 0.738. The SMILES string of the molecule is Cc1csc(S[C@H](C)C(=O)N[C@H](C)c2ccc(Cl)cc2Cl)n1. The minimum absolute atomic E-state index is 0.0450. The Hall–Kier alpha value is -0.750. The number of thiazole rings is 1. The first-order valence-electron chi connectivity index (χ1n) is 6.71. The van der Waals surface area contributed by atoms with E-state index in [1.54, 1.807) is 23.5 Å². The summed E-state index contributed by atoms with van der Waals surface area (Å²) in [5.41, 5.74) is 1.82. The minimum atomic E-state index is -0.223. The molecule has 0 aliphatic carbocycles. The maximum atomic E-state index is 12.3. The van der Waals surface area contributed by atoms with E-state index in [1.807, 2.05) is 32.2 Å². The monoisotopic (exact) mass is 374 g/mol. The maximum absolute atomic E-state index is 12.3. The lowest BCUT2D eigenvalue weighted by Gasteiger charge is -2.18. The topological polar surface area (TPSA) is 42.0 Å². The van der Waals surface area contributed by atoms with Gasteiger partial charge in [0.25, 0.3) is 0 Å². The van der Waals surface area contributed by atoms with Crippen molar-refractivity contribution in [3.63, 3.8) is 0 Å². The fourth-order valence-electron chi connectivity index (χ4n) is 1.85. The number of nitrogens with one attached hydrogen (secondary N) is 1. The summed E-state index contributed by atoms with van der Waals surface area (Å²) in [5.74, 6) is -0.0450. The lowest BCUT2D eigenvalue weighted by Crippen LogP contribution is -2.33. The van der Waals surface area contributed by atoms with E-state index in [4.69, 9.17) is 23.2 Å². The number of aromatic nitrogens is 1. The molecule has 2 atom stereocenters. The van der Waals surface area contributed by atoms with Crippen LogP contribution >= 0.6 is 46.3 Å². The minimum Gasteiger partial charge on any atom is -0.349 e. The molecule has 0 bridgehead atoms. The standard InChI is InChI=1S/C15H16Cl2N2OS2/c1-8-7-21-15(18-8)22-10(3)14(20)19-9(2)12-5-4-11(16)6-13(12)17/h4-7,9-10H,1-3H3,(H,19,20)/t9-,10-/m1/s1. The molecule has 0 aliphatic rings. The summed E-state index contributed by atoms with van der Waals surface area (Å²) < 4.78 is 0.900. The first-order chi connectivity index (χ1) is 10.4. The molecule has 0 spiro atoms. The second-order valence-electron chi connectivity index (χ2n) is 4.91. The third-order valence-electron chi connectivity index (χ3n) is 3.03. The fraction of sp³-hybridized carbons (Fsp3) is 0.333. The van der Waals surface area contributed by atoms with Gasteiger partial charge in [-0.1, -0.05) is 41.0 Å². The highest BCUT2D eigenvalue weighted by Gasteiger charge is 2.19. The highest BCUT2D eigenvalue weighted by atomic mass is 35.5. The van der Waals surface area contributed by atoms with Gasteiger partial charge in [-0.05, 0) is 38.5 Å². The van der Waals surface area contributed by atoms with Gasteiger partial charge in [0.05, 0.1) is 11.3 Å². The van der Waals surface area contributed by atoms with Gasteiger partial charge < -0.3 is 5.32 Å². The van der Waals surface area contributed by atoms with Crippen LogP contribution in [0.25, 0.3) is 0 Å². The van der Waals surface area contributed by atoms with Crippen LogP contribution in [0.1, 0.15) is 31.1 Å². The molecule has 22 heavy (non-hydrogen) atoms. The molecular weight excluding hydrogens is 359 g/mol. The van der Waals surface area contributed by atoms with Crippen LogP contribution in [-0.2, 0) is 4.79 Å². The number of halogens is 2. The highest BCUT2D eigenvalue weighted by Crippen LogP contribution is 2.29. The Morgan fingerprint density at radius 3 is 2.68 bits per heavy atom. The Balaban J connectivity index is 1.98.